The molecule has 0 aromatic heterocycles. The number of rotatable bonds is 12. The Labute approximate surface area is 154 Å². The lowest BCUT2D eigenvalue weighted by Crippen LogP contribution is -2.38. The van der Waals surface area contributed by atoms with E-state index in [1.54, 1.807) is 0 Å². The fourth-order valence-corrected chi connectivity index (χ4v) is 3.77. The smallest absolute Gasteiger partial charge is 0.310 e. The highest BCUT2D eigenvalue weighted by Crippen LogP contribution is 2.37. The minimum absolute atomic E-state index is 0.175. The van der Waals surface area contributed by atoms with Crippen LogP contribution in [0.2, 0.25) is 0 Å². The van der Waals surface area contributed by atoms with Crippen LogP contribution in [0.25, 0.3) is 0 Å². The van der Waals surface area contributed by atoms with Gasteiger partial charge in [-0.3, -0.25) is 9.59 Å². The zero-order chi connectivity index (χ0) is 18.5. The van der Waals surface area contributed by atoms with Gasteiger partial charge in [0.05, 0.1) is 25.0 Å². The van der Waals surface area contributed by atoms with E-state index in [4.69, 9.17) is 9.47 Å². The van der Waals surface area contributed by atoms with Crippen molar-refractivity contribution >= 4 is 11.9 Å². The van der Waals surface area contributed by atoms with Crippen molar-refractivity contribution < 1.29 is 19.1 Å². The lowest BCUT2D eigenvalue weighted by atomic mass is 9.72. The number of esters is 2. The Morgan fingerprint density at radius 1 is 0.840 bits per heavy atom. The number of carbonyl (C=O) groups excluding carboxylic acids is 2. The number of carbonyl (C=O) groups is 2. The van der Waals surface area contributed by atoms with Crippen LogP contribution < -0.4 is 0 Å². The molecule has 0 spiro atoms. The van der Waals surface area contributed by atoms with E-state index in [1.165, 1.54) is 6.42 Å². The van der Waals surface area contributed by atoms with Gasteiger partial charge < -0.3 is 9.47 Å². The van der Waals surface area contributed by atoms with E-state index in [9.17, 15) is 9.59 Å². The molecule has 0 aromatic rings. The zero-order valence-corrected chi connectivity index (χ0v) is 16.6. The first-order valence-corrected chi connectivity index (χ1v) is 10.5. The third-order valence-corrected chi connectivity index (χ3v) is 5.25. The first-order valence-electron chi connectivity index (χ1n) is 10.5. The molecule has 0 amide bonds. The summed E-state index contributed by atoms with van der Waals surface area (Å²) in [6.07, 6.45) is 10.9. The van der Waals surface area contributed by atoms with Crippen LogP contribution in [0.15, 0.2) is 0 Å². The van der Waals surface area contributed by atoms with Gasteiger partial charge in [-0.2, -0.15) is 0 Å². The molecule has 0 radical (unpaired) electrons. The maximum absolute atomic E-state index is 12.8. The van der Waals surface area contributed by atoms with Crippen LogP contribution in [0.3, 0.4) is 0 Å². The van der Waals surface area contributed by atoms with Crippen LogP contribution in [-0.4, -0.2) is 25.2 Å². The van der Waals surface area contributed by atoms with Crippen molar-refractivity contribution in [2.24, 2.45) is 17.8 Å². The first-order chi connectivity index (χ1) is 12.2. The van der Waals surface area contributed by atoms with Crippen molar-refractivity contribution in [2.45, 2.75) is 91.4 Å². The molecule has 1 aliphatic carbocycles. The Balaban J connectivity index is 2.85. The predicted octanol–water partition coefficient (Wildman–Crippen LogP) is 5.29. The van der Waals surface area contributed by atoms with E-state index < -0.39 is 0 Å². The molecule has 0 saturated heterocycles. The lowest BCUT2D eigenvalue weighted by molar-refractivity contribution is -0.164. The van der Waals surface area contributed by atoms with Gasteiger partial charge in [-0.1, -0.05) is 59.3 Å². The largest absolute Gasteiger partial charge is 0.465 e. The Kier molecular flexibility index (Phi) is 11.6. The SMILES string of the molecule is CCCCOC(=O)C(CCC)C(C(=O)OCCCC)C1CCCCC1. The van der Waals surface area contributed by atoms with E-state index in [0.717, 1.165) is 57.8 Å². The van der Waals surface area contributed by atoms with Crippen molar-refractivity contribution in [3.05, 3.63) is 0 Å². The molecule has 1 rings (SSSR count). The summed E-state index contributed by atoms with van der Waals surface area (Å²) in [4.78, 5) is 25.5. The van der Waals surface area contributed by atoms with Gasteiger partial charge in [0.25, 0.3) is 0 Å². The van der Waals surface area contributed by atoms with Crippen molar-refractivity contribution in [3.63, 3.8) is 0 Å². The normalized spacial score (nSPS) is 17.7. The van der Waals surface area contributed by atoms with Crippen molar-refractivity contribution in [2.75, 3.05) is 13.2 Å². The minimum Gasteiger partial charge on any atom is -0.465 e. The van der Waals surface area contributed by atoms with Crippen LogP contribution in [0.1, 0.15) is 91.4 Å². The van der Waals surface area contributed by atoms with Gasteiger partial charge in [-0.25, -0.2) is 0 Å². The minimum atomic E-state index is -0.348. The van der Waals surface area contributed by atoms with Gasteiger partial charge in [-0.15, -0.1) is 0 Å². The molecule has 0 N–H and O–H groups in total. The number of unbranched alkanes of at least 4 members (excludes halogenated alkanes) is 2. The molecular weight excluding hydrogens is 316 g/mol. The first kappa shape index (κ1) is 22.0. The summed E-state index contributed by atoms with van der Waals surface area (Å²) < 4.78 is 11.1. The third-order valence-electron chi connectivity index (χ3n) is 5.25. The fraction of sp³-hybridized carbons (Fsp3) is 0.905. The van der Waals surface area contributed by atoms with Gasteiger partial charge in [0.15, 0.2) is 0 Å². The summed E-state index contributed by atoms with van der Waals surface area (Å²) in [6.45, 7) is 7.14. The van der Waals surface area contributed by atoms with Crippen LogP contribution in [0.5, 0.6) is 0 Å². The maximum atomic E-state index is 12.8. The Morgan fingerprint density at radius 2 is 1.40 bits per heavy atom. The van der Waals surface area contributed by atoms with Crippen LogP contribution in [0, 0.1) is 17.8 Å². The molecule has 1 fully saturated rings. The van der Waals surface area contributed by atoms with Crippen molar-refractivity contribution in [1.82, 2.24) is 0 Å². The molecular formula is C21H38O4. The standard InChI is InChI=1S/C21H38O4/c1-4-7-15-24-20(22)18(12-6-3)19(17-13-10-9-11-14-17)21(23)25-16-8-5-2/h17-19H,4-16H2,1-3H3. The summed E-state index contributed by atoms with van der Waals surface area (Å²) >= 11 is 0. The lowest BCUT2D eigenvalue weighted by Gasteiger charge is -2.33. The second kappa shape index (κ2) is 13.2. The quantitative estimate of drug-likeness (QED) is 0.353. The monoisotopic (exact) mass is 354 g/mol. The molecule has 25 heavy (non-hydrogen) atoms. The number of hydrogen-bond acceptors (Lipinski definition) is 4. The topological polar surface area (TPSA) is 52.6 Å². The molecule has 1 aliphatic rings. The predicted molar refractivity (Wildman–Crippen MR) is 100 cm³/mol. The Hall–Kier alpha value is -1.06. The molecule has 2 unspecified atom stereocenters. The van der Waals surface area contributed by atoms with Crippen molar-refractivity contribution in [3.8, 4) is 0 Å². The maximum Gasteiger partial charge on any atom is 0.310 e. The summed E-state index contributed by atoms with van der Waals surface area (Å²) in [5.74, 6) is -0.784. The summed E-state index contributed by atoms with van der Waals surface area (Å²) in [7, 11) is 0. The summed E-state index contributed by atoms with van der Waals surface area (Å²) in [5.41, 5.74) is 0. The molecule has 0 bridgehead atoms. The molecule has 2 atom stereocenters. The van der Waals surface area contributed by atoms with Gasteiger partial charge in [0.1, 0.15) is 0 Å². The van der Waals surface area contributed by atoms with E-state index in [-0.39, 0.29) is 29.7 Å². The summed E-state index contributed by atoms with van der Waals surface area (Å²) in [6, 6.07) is 0. The van der Waals surface area contributed by atoms with E-state index in [2.05, 4.69) is 20.8 Å². The van der Waals surface area contributed by atoms with Gasteiger partial charge in [0.2, 0.25) is 0 Å². The number of hydrogen-bond donors (Lipinski definition) is 0. The molecule has 0 aromatic carbocycles. The van der Waals surface area contributed by atoms with Crippen LogP contribution in [0.4, 0.5) is 0 Å². The molecule has 146 valence electrons. The van der Waals surface area contributed by atoms with E-state index in [0.29, 0.717) is 19.6 Å². The van der Waals surface area contributed by atoms with Gasteiger partial charge in [0, 0.05) is 0 Å². The molecule has 1 saturated carbocycles. The molecule has 4 nitrogen and oxygen atoms in total. The highest BCUT2D eigenvalue weighted by atomic mass is 16.5. The third kappa shape index (κ3) is 7.79. The van der Waals surface area contributed by atoms with Gasteiger partial charge in [-0.05, 0) is 38.0 Å². The second-order valence-corrected chi connectivity index (χ2v) is 7.36. The van der Waals surface area contributed by atoms with E-state index in [1.807, 2.05) is 0 Å². The Morgan fingerprint density at radius 3 is 1.92 bits per heavy atom. The molecule has 0 heterocycles. The van der Waals surface area contributed by atoms with Gasteiger partial charge >= 0.3 is 11.9 Å². The molecule has 0 aliphatic heterocycles. The average molecular weight is 355 g/mol. The van der Waals surface area contributed by atoms with E-state index >= 15 is 0 Å². The zero-order valence-electron chi connectivity index (χ0n) is 16.6. The van der Waals surface area contributed by atoms with Crippen molar-refractivity contribution in [1.29, 1.82) is 0 Å². The van der Waals surface area contributed by atoms with Crippen LogP contribution >= 0.6 is 0 Å². The Bertz CT molecular complexity index is 374. The summed E-state index contributed by atoms with van der Waals surface area (Å²) in [5, 5.41) is 0. The average Bonchev–Trinajstić information content (AvgIpc) is 2.62. The molecule has 4 heteroatoms. The fourth-order valence-electron chi connectivity index (χ4n) is 3.77. The highest BCUT2D eigenvalue weighted by molar-refractivity contribution is 5.82. The second-order valence-electron chi connectivity index (χ2n) is 7.36. The highest BCUT2D eigenvalue weighted by Gasteiger charge is 2.41. The number of ether oxygens (including phenoxy) is 2. The van der Waals surface area contributed by atoms with Crippen LogP contribution in [-0.2, 0) is 19.1 Å².